The van der Waals surface area contributed by atoms with Crippen LogP contribution in [0.3, 0.4) is 0 Å². The Morgan fingerprint density at radius 1 is 1.17 bits per heavy atom. The molecule has 29 heavy (non-hydrogen) atoms. The number of carbonyl (C=O) groups is 1. The molecule has 0 unspecified atom stereocenters. The molecule has 1 saturated heterocycles. The van der Waals surface area contributed by atoms with E-state index in [9.17, 15) is 4.79 Å². The number of likely N-dealkylation sites (tertiary alicyclic amines) is 1. The van der Waals surface area contributed by atoms with Crippen molar-refractivity contribution in [3.8, 4) is 11.3 Å². The highest BCUT2D eigenvalue weighted by molar-refractivity contribution is 5.78. The Morgan fingerprint density at radius 2 is 1.97 bits per heavy atom. The number of carbonyl (C=O) groups excluding carboxylic acids is 1. The molecule has 152 valence electrons. The van der Waals surface area contributed by atoms with Crippen LogP contribution in [-0.2, 0) is 4.79 Å². The standard InChI is InChI=1S/C22H28N6O/c1-22(2,3)10-13-27-17(4-7-21(27)29)14-24-19-5-6-20-25-15-18(28(20)26-19)16-8-11-23-12-9-16/h5-6,8-9,11-12,15,17H,4,7,10,13-14H2,1-3H3,(H,24,26)/t17-/m0/s1. The fourth-order valence-electron chi connectivity index (χ4n) is 3.68. The van der Waals surface area contributed by atoms with E-state index in [2.05, 4.69) is 36.1 Å². The van der Waals surface area contributed by atoms with Gasteiger partial charge in [0.1, 0.15) is 5.82 Å². The molecule has 0 spiro atoms. The zero-order chi connectivity index (χ0) is 20.4. The number of anilines is 1. The van der Waals surface area contributed by atoms with E-state index in [1.807, 2.05) is 39.9 Å². The molecule has 3 aromatic heterocycles. The van der Waals surface area contributed by atoms with Crippen LogP contribution < -0.4 is 5.32 Å². The van der Waals surface area contributed by atoms with Crippen LogP contribution in [-0.4, -0.2) is 49.5 Å². The third-order valence-electron chi connectivity index (χ3n) is 5.41. The Balaban J connectivity index is 1.47. The van der Waals surface area contributed by atoms with Gasteiger partial charge in [-0.2, -0.15) is 0 Å². The molecule has 3 aromatic rings. The summed E-state index contributed by atoms with van der Waals surface area (Å²) in [6, 6.07) is 8.00. The van der Waals surface area contributed by atoms with Gasteiger partial charge in [0.15, 0.2) is 5.65 Å². The summed E-state index contributed by atoms with van der Waals surface area (Å²) in [5.41, 5.74) is 2.96. The second-order valence-electron chi connectivity index (χ2n) is 8.84. The minimum Gasteiger partial charge on any atom is -0.367 e. The second kappa shape index (κ2) is 7.81. The molecule has 4 rings (SSSR count). The molecule has 1 fully saturated rings. The van der Waals surface area contributed by atoms with Crippen molar-refractivity contribution in [1.29, 1.82) is 0 Å². The Morgan fingerprint density at radius 3 is 2.72 bits per heavy atom. The van der Waals surface area contributed by atoms with E-state index in [1.54, 1.807) is 12.4 Å². The average Bonchev–Trinajstić information content (AvgIpc) is 3.27. The van der Waals surface area contributed by atoms with Crippen LogP contribution in [0.4, 0.5) is 5.82 Å². The first-order chi connectivity index (χ1) is 13.9. The van der Waals surface area contributed by atoms with Gasteiger partial charge >= 0.3 is 0 Å². The van der Waals surface area contributed by atoms with E-state index < -0.39 is 0 Å². The molecule has 0 radical (unpaired) electrons. The highest BCUT2D eigenvalue weighted by Gasteiger charge is 2.31. The van der Waals surface area contributed by atoms with Crippen molar-refractivity contribution in [3.63, 3.8) is 0 Å². The predicted molar refractivity (Wildman–Crippen MR) is 114 cm³/mol. The van der Waals surface area contributed by atoms with Crippen molar-refractivity contribution in [1.82, 2.24) is 24.5 Å². The van der Waals surface area contributed by atoms with Gasteiger partial charge in [0.05, 0.1) is 11.9 Å². The van der Waals surface area contributed by atoms with E-state index in [-0.39, 0.29) is 17.4 Å². The molecule has 0 aromatic carbocycles. The monoisotopic (exact) mass is 392 g/mol. The van der Waals surface area contributed by atoms with Gasteiger partial charge in [-0.05, 0) is 42.5 Å². The van der Waals surface area contributed by atoms with Gasteiger partial charge in [-0.1, -0.05) is 20.8 Å². The zero-order valence-corrected chi connectivity index (χ0v) is 17.3. The SMILES string of the molecule is CC(C)(C)CCN1C(=O)CC[C@H]1CNc1ccc2ncc(-c3ccncc3)n2n1. The summed E-state index contributed by atoms with van der Waals surface area (Å²) in [6.07, 6.45) is 7.89. The van der Waals surface area contributed by atoms with E-state index in [4.69, 9.17) is 5.10 Å². The molecule has 1 atom stereocenters. The van der Waals surface area contributed by atoms with Crippen molar-refractivity contribution in [2.45, 2.75) is 46.1 Å². The summed E-state index contributed by atoms with van der Waals surface area (Å²) in [7, 11) is 0. The smallest absolute Gasteiger partial charge is 0.222 e. The fourth-order valence-corrected chi connectivity index (χ4v) is 3.68. The first-order valence-electron chi connectivity index (χ1n) is 10.2. The van der Waals surface area contributed by atoms with E-state index in [1.165, 1.54) is 0 Å². The summed E-state index contributed by atoms with van der Waals surface area (Å²) in [4.78, 5) is 22.9. The average molecular weight is 393 g/mol. The Kier molecular flexibility index (Phi) is 5.22. The van der Waals surface area contributed by atoms with Crippen molar-refractivity contribution in [2.75, 3.05) is 18.4 Å². The Hall–Kier alpha value is -2.96. The summed E-state index contributed by atoms with van der Waals surface area (Å²) in [5.74, 6) is 1.04. The number of nitrogens with zero attached hydrogens (tertiary/aromatic N) is 5. The molecule has 7 heteroatoms. The molecular formula is C22H28N6O. The number of amides is 1. The van der Waals surface area contributed by atoms with Gasteiger partial charge in [0, 0.05) is 43.5 Å². The van der Waals surface area contributed by atoms with Gasteiger partial charge in [-0.3, -0.25) is 9.78 Å². The van der Waals surface area contributed by atoms with Crippen molar-refractivity contribution in [3.05, 3.63) is 42.9 Å². The zero-order valence-electron chi connectivity index (χ0n) is 17.3. The first-order valence-corrected chi connectivity index (χ1v) is 10.2. The number of imidazole rings is 1. The van der Waals surface area contributed by atoms with Crippen LogP contribution in [0.2, 0.25) is 0 Å². The lowest BCUT2D eigenvalue weighted by atomic mass is 9.92. The summed E-state index contributed by atoms with van der Waals surface area (Å²) in [5, 5.41) is 8.15. The van der Waals surface area contributed by atoms with E-state index >= 15 is 0 Å². The van der Waals surface area contributed by atoms with Crippen LogP contribution in [0, 0.1) is 5.41 Å². The summed E-state index contributed by atoms with van der Waals surface area (Å²) in [6.45, 7) is 8.16. The number of fused-ring (bicyclic) bond motifs is 1. The maximum absolute atomic E-state index is 12.3. The number of hydrogen-bond acceptors (Lipinski definition) is 5. The number of rotatable bonds is 6. The molecule has 1 amide bonds. The molecular weight excluding hydrogens is 364 g/mol. The minimum absolute atomic E-state index is 0.213. The Labute approximate surface area is 171 Å². The lowest BCUT2D eigenvalue weighted by Gasteiger charge is -2.28. The summed E-state index contributed by atoms with van der Waals surface area (Å²) < 4.78 is 1.84. The Bertz CT molecular complexity index is 991. The normalized spacial score (nSPS) is 17.3. The minimum atomic E-state index is 0.213. The lowest BCUT2D eigenvalue weighted by Crippen LogP contribution is -2.39. The number of pyridine rings is 1. The van der Waals surface area contributed by atoms with E-state index in [0.29, 0.717) is 13.0 Å². The van der Waals surface area contributed by atoms with Crippen LogP contribution in [0.15, 0.2) is 42.9 Å². The topological polar surface area (TPSA) is 75.4 Å². The molecule has 7 nitrogen and oxygen atoms in total. The largest absolute Gasteiger partial charge is 0.367 e. The molecule has 4 heterocycles. The highest BCUT2D eigenvalue weighted by Crippen LogP contribution is 2.25. The third-order valence-corrected chi connectivity index (χ3v) is 5.41. The van der Waals surface area contributed by atoms with Gasteiger partial charge in [0.25, 0.3) is 0 Å². The van der Waals surface area contributed by atoms with Crippen molar-refractivity contribution in [2.24, 2.45) is 5.41 Å². The van der Waals surface area contributed by atoms with Gasteiger partial charge in [-0.25, -0.2) is 9.50 Å². The molecule has 0 saturated carbocycles. The number of nitrogens with one attached hydrogen (secondary N) is 1. The van der Waals surface area contributed by atoms with Crippen molar-refractivity contribution < 1.29 is 4.79 Å². The van der Waals surface area contributed by atoms with Crippen LogP contribution >= 0.6 is 0 Å². The van der Waals surface area contributed by atoms with Gasteiger partial charge in [0.2, 0.25) is 5.91 Å². The van der Waals surface area contributed by atoms with Crippen LogP contribution in [0.5, 0.6) is 0 Å². The molecule has 0 aliphatic carbocycles. The quantitative estimate of drug-likeness (QED) is 0.693. The third kappa shape index (κ3) is 4.39. The molecule has 1 N–H and O–H groups in total. The molecule has 1 aliphatic heterocycles. The maximum atomic E-state index is 12.3. The van der Waals surface area contributed by atoms with E-state index in [0.717, 1.165) is 42.1 Å². The molecule has 0 bridgehead atoms. The van der Waals surface area contributed by atoms with Crippen LogP contribution in [0.25, 0.3) is 16.9 Å². The second-order valence-corrected chi connectivity index (χ2v) is 8.84. The van der Waals surface area contributed by atoms with Gasteiger partial charge in [-0.15, -0.1) is 5.10 Å². The fraction of sp³-hybridized carbons (Fsp3) is 0.455. The number of aromatic nitrogens is 4. The summed E-state index contributed by atoms with van der Waals surface area (Å²) >= 11 is 0. The lowest BCUT2D eigenvalue weighted by molar-refractivity contribution is -0.129. The van der Waals surface area contributed by atoms with Gasteiger partial charge < -0.3 is 10.2 Å². The maximum Gasteiger partial charge on any atom is 0.222 e. The predicted octanol–water partition coefficient (Wildman–Crippen LogP) is 3.63. The van der Waals surface area contributed by atoms with Crippen molar-refractivity contribution >= 4 is 17.4 Å². The number of hydrogen-bond donors (Lipinski definition) is 1. The first kappa shape index (κ1) is 19.4. The molecule has 1 aliphatic rings. The highest BCUT2D eigenvalue weighted by atomic mass is 16.2. The van der Waals surface area contributed by atoms with Crippen LogP contribution in [0.1, 0.15) is 40.0 Å².